The maximum atomic E-state index is 12.4. The molecule has 0 aliphatic carbocycles. The van der Waals surface area contributed by atoms with Crippen LogP contribution < -0.4 is 0 Å². The van der Waals surface area contributed by atoms with Gasteiger partial charge in [0.2, 0.25) is 0 Å². The minimum absolute atomic E-state index is 0.00599. The maximum absolute atomic E-state index is 12.4. The summed E-state index contributed by atoms with van der Waals surface area (Å²) in [6.45, 7) is 3.98. The number of aliphatic hydroxyl groups excluding tert-OH is 1. The molecule has 0 aliphatic rings. The number of benzene rings is 1. The van der Waals surface area contributed by atoms with Crippen LogP contribution in [0.4, 0.5) is 0 Å². The second-order valence-electron chi connectivity index (χ2n) is 4.77. The highest BCUT2D eigenvalue weighted by Crippen LogP contribution is 2.22. The standard InChI is InChI=1S/C16H19NO2/c1-3-11(4-2)15(18)16(19)13-9-5-7-12-8-6-10-17-14(12)13/h5-11,15,18H,3-4H2,1-2H3. The number of rotatable bonds is 5. The van der Waals surface area contributed by atoms with E-state index >= 15 is 0 Å². The zero-order valence-corrected chi connectivity index (χ0v) is 11.3. The van der Waals surface area contributed by atoms with Crippen molar-refractivity contribution in [1.82, 2.24) is 4.98 Å². The number of aliphatic hydroxyl groups is 1. The van der Waals surface area contributed by atoms with E-state index in [1.54, 1.807) is 12.3 Å². The Morgan fingerprint density at radius 1 is 1.21 bits per heavy atom. The number of carbonyl (C=O) groups excluding carboxylic acids is 1. The predicted octanol–water partition coefficient (Wildman–Crippen LogP) is 3.21. The molecule has 0 aliphatic heterocycles. The Hall–Kier alpha value is -1.74. The lowest BCUT2D eigenvalue weighted by Crippen LogP contribution is -2.29. The van der Waals surface area contributed by atoms with Crippen LogP contribution in [0.15, 0.2) is 36.5 Å². The van der Waals surface area contributed by atoms with Gasteiger partial charge in [0.25, 0.3) is 0 Å². The normalized spacial score (nSPS) is 12.8. The monoisotopic (exact) mass is 257 g/mol. The molecule has 2 rings (SSSR count). The Morgan fingerprint density at radius 3 is 2.58 bits per heavy atom. The first-order chi connectivity index (χ1) is 9.19. The molecule has 3 heteroatoms. The molecule has 0 radical (unpaired) electrons. The zero-order valence-electron chi connectivity index (χ0n) is 11.3. The van der Waals surface area contributed by atoms with Crippen molar-refractivity contribution in [2.24, 2.45) is 5.92 Å². The van der Waals surface area contributed by atoms with E-state index < -0.39 is 6.10 Å². The fourth-order valence-electron chi connectivity index (χ4n) is 2.41. The third-order valence-corrected chi connectivity index (χ3v) is 3.66. The average molecular weight is 257 g/mol. The molecular weight excluding hydrogens is 238 g/mol. The summed E-state index contributed by atoms with van der Waals surface area (Å²) >= 11 is 0. The van der Waals surface area contributed by atoms with Crippen molar-refractivity contribution >= 4 is 16.7 Å². The largest absolute Gasteiger partial charge is 0.385 e. The highest BCUT2D eigenvalue weighted by Gasteiger charge is 2.25. The molecule has 1 atom stereocenters. The first-order valence-corrected chi connectivity index (χ1v) is 6.75. The molecule has 1 unspecified atom stereocenters. The molecule has 0 spiro atoms. The van der Waals surface area contributed by atoms with Gasteiger partial charge in [-0.2, -0.15) is 0 Å². The summed E-state index contributed by atoms with van der Waals surface area (Å²) in [5, 5.41) is 11.1. The van der Waals surface area contributed by atoms with Crippen LogP contribution in [0.5, 0.6) is 0 Å². The minimum atomic E-state index is -0.942. The molecule has 2 aromatic rings. The van der Waals surface area contributed by atoms with Crippen LogP contribution in [0.2, 0.25) is 0 Å². The van der Waals surface area contributed by atoms with E-state index in [-0.39, 0.29) is 11.7 Å². The van der Waals surface area contributed by atoms with Crippen molar-refractivity contribution in [1.29, 1.82) is 0 Å². The molecular formula is C16H19NO2. The van der Waals surface area contributed by atoms with E-state index in [0.29, 0.717) is 11.1 Å². The summed E-state index contributed by atoms with van der Waals surface area (Å²) < 4.78 is 0. The molecule has 1 aromatic carbocycles. The van der Waals surface area contributed by atoms with Gasteiger partial charge in [0.1, 0.15) is 6.10 Å². The quantitative estimate of drug-likeness (QED) is 0.837. The second kappa shape index (κ2) is 5.93. The molecule has 0 amide bonds. The summed E-state index contributed by atoms with van der Waals surface area (Å²) in [5.41, 5.74) is 1.18. The Balaban J connectivity index is 2.41. The summed E-state index contributed by atoms with van der Waals surface area (Å²) in [4.78, 5) is 16.7. The van der Waals surface area contributed by atoms with Crippen molar-refractivity contribution in [3.8, 4) is 0 Å². The van der Waals surface area contributed by atoms with Crippen LogP contribution in [0.3, 0.4) is 0 Å². The van der Waals surface area contributed by atoms with Gasteiger partial charge in [-0.15, -0.1) is 0 Å². The van der Waals surface area contributed by atoms with Gasteiger partial charge in [0.05, 0.1) is 5.52 Å². The first-order valence-electron chi connectivity index (χ1n) is 6.75. The minimum Gasteiger partial charge on any atom is -0.385 e. The van der Waals surface area contributed by atoms with Crippen LogP contribution in [0.1, 0.15) is 37.0 Å². The number of para-hydroxylation sites is 1. The van der Waals surface area contributed by atoms with Crippen molar-refractivity contribution in [3.63, 3.8) is 0 Å². The number of carbonyl (C=O) groups is 1. The van der Waals surface area contributed by atoms with Crippen molar-refractivity contribution in [3.05, 3.63) is 42.1 Å². The number of hydrogen-bond donors (Lipinski definition) is 1. The highest BCUT2D eigenvalue weighted by molar-refractivity contribution is 6.08. The molecule has 19 heavy (non-hydrogen) atoms. The van der Waals surface area contributed by atoms with Crippen molar-refractivity contribution < 1.29 is 9.90 Å². The number of ketones is 1. The lowest BCUT2D eigenvalue weighted by Gasteiger charge is -2.19. The van der Waals surface area contributed by atoms with Gasteiger partial charge in [-0.3, -0.25) is 9.78 Å². The summed E-state index contributed by atoms with van der Waals surface area (Å²) in [6.07, 6.45) is 2.31. The lowest BCUT2D eigenvalue weighted by atomic mass is 9.90. The molecule has 0 fully saturated rings. The summed E-state index contributed by atoms with van der Waals surface area (Å²) in [7, 11) is 0. The molecule has 0 saturated heterocycles. The van der Waals surface area contributed by atoms with Gasteiger partial charge in [0, 0.05) is 17.1 Å². The Bertz CT molecular complexity index is 570. The molecule has 3 nitrogen and oxygen atoms in total. The number of Topliss-reactive ketones (excluding diaryl/α,β-unsaturated/α-hetero) is 1. The molecule has 1 aromatic heterocycles. The summed E-state index contributed by atoms with van der Waals surface area (Å²) in [5.74, 6) is -0.218. The van der Waals surface area contributed by atoms with Gasteiger partial charge in [-0.1, -0.05) is 44.9 Å². The van der Waals surface area contributed by atoms with Gasteiger partial charge < -0.3 is 5.11 Å². The zero-order chi connectivity index (χ0) is 13.8. The molecule has 1 N–H and O–H groups in total. The molecule has 0 saturated carbocycles. The topological polar surface area (TPSA) is 50.2 Å². The summed E-state index contributed by atoms with van der Waals surface area (Å²) in [6, 6.07) is 9.25. The van der Waals surface area contributed by atoms with E-state index in [9.17, 15) is 9.90 Å². The average Bonchev–Trinajstić information content (AvgIpc) is 2.47. The number of hydrogen-bond acceptors (Lipinski definition) is 3. The molecule has 100 valence electrons. The third kappa shape index (κ3) is 2.66. The Labute approximate surface area is 113 Å². The maximum Gasteiger partial charge on any atom is 0.193 e. The van der Waals surface area contributed by atoms with E-state index in [1.807, 2.05) is 38.1 Å². The van der Waals surface area contributed by atoms with E-state index in [0.717, 1.165) is 18.2 Å². The van der Waals surface area contributed by atoms with Gasteiger partial charge >= 0.3 is 0 Å². The van der Waals surface area contributed by atoms with Gasteiger partial charge in [0.15, 0.2) is 5.78 Å². The SMILES string of the molecule is CCC(CC)C(O)C(=O)c1cccc2cccnc12. The van der Waals surface area contributed by atoms with Crippen LogP contribution in [0.25, 0.3) is 10.9 Å². The lowest BCUT2D eigenvalue weighted by molar-refractivity contribution is 0.0589. The predicted molar refractivity (Wildman–Crippen MR) is 76.2 cm³/mol. The van der Waals surface area contributed by atoms with Gasteiger partial charge in [-0.05, 0) is 18.1 Å². The number of pyridine rings is 1. The second-order valence-corrected chi connectivity index (χ2v) is 4.77. The van der Waals surface area contributed by atoms with Gasteiger partial charge in [-0.25, -0.2) is 0 Å². The third-order valence-electron chi connectivity index (χ3n) is 3.66. The van der Waals surface area contributed by atoms with E-state index in [4.69, 9.17) is 0 Å². The van der Waals surface area contributed by atoms with Crippen LogP contribution >= 0.6 is 0 Å². The fraction of sp³-hybridized carbons (Fsp3) is 0.375. The molecule has 0 bridgehead atoms. The van der Waals surface area contributed by atoms with E-state index in [1.165, 1.54) is 0 Å². The number of aromatic nitrogens is 1. The van der Waals surface area contributed by atoms with Crippen LogP contribution in [0, 0.1) is 5.92 Å². The molecule has 1 heterocycles. The first kappa shape index (κ1) is 13.7. The Morgan fingerprint density at radius 2 is 1.89 bits per heavy atom. The Kier molecular flexibility index (Phi) is 4.27. The number of fused-ring (bicyclic) bond motifs is 1. The van der Waals surface area contributed by atoms with Crippen molar-refractivity contribution in [2.75, 3.05) is 0 Å². The van der Waals surface area contributed by atoms with E-state index in [2.05, 4.69) is 4.98 Å². The van der Waals surface area contributed by atoms with Crippen LogP contribution in [-0.4, -0.2) is 22.0 Å². The fourth-order valence-corrected chi connectivity index (χ4v) is 2.41. The smallest absolute Gasteiger partial charge is 0.193 e. The van der Waals surface area contributed by atoms with Crippen LogP contribution in [-0.2, 0) is 0 Å². The number of nitrogens with zero attached hydrogens (tertiary/aromatic N) is 1. The highest BCUT2D eigenvalue weighted by atomic mass is 16.3. The van der Waals surface area contributed by atoms with Crippen molar-refractivity contribution in [2.45, 2.75) is 32.8 Å².